The van der Waals surface area contributed by atoms with Crippen molar-refractivity contribution in [3.63, 3.8) is 0 Å². The molecule has 0 unspecified atom stereocenters. The number of aromatic nitrogens is 2. The van der Waals surface area contributed by atoms with Crippen LogP contribution in [0, 0.1) is 13.8 Å². The third-order valence-corrected chi connectivity index (χ3v) is 3.77. The van der Waals surface area contributed by atoms with Gasteiger partial charge in [-0.3, -0.25) is 4.57 Å². The van der Waals surface area contributed by atoms with Crippen LogP contribution in [0.25, 0.3) is 15.3 Å². The van der Waals surface area contributed by atoms with E-state index in [1.165, 1.54) is 16.1 Å². The van der Waals surface area contributed by atoms with E-state index in [1.54, 1.807) is 11.3 Å². The van der Waals surface area contributed by atoms with Crippen LogP contribution in [0.15, 0.2) is 36.4 Å². The van der Waals surface area contributed by atoms with E-state index in [4.69, 9.17) is 0 Å². The van der Waals surface area contributed by atoms with Crippen LogP contribution in [-0.2, 0) is 0 Å². The Labute approximate surface area is 98.2 Å². The maximum absolute atomic E-state index is 4.66. The topological polar surface area (TPSA) is 17.8 Å². The summed E-state index contributed by atoms with van der Waals surface area (Å²) in [6, 6.07) is 12.5. The summed E-state index contributed by atoms with van der Waals surface area (Å²) >= 11 is 1.74. The maximum Gasteiger partial charge on any atom is 0.195 e. The Morgan fingerprint density at radius 2 is 1.69 bits per heavy atom. The van der Waals surface area contributed by atoms with E-state index in [0.717, 1.165) is 10.6 Å². The number of aryl methyl sites for hydroxylation is 2. The van der Waals surface area contributed by atoms with E-state index in [1.807, 2.05) is 6.07 Å². The standard InChI is InChI=1S/C13H12N2S/c1-9-7-8-10(2)15(9)13-14-11-5-3-4-6-12(11)16-13/h3-8H,1-2H3. The van der Waals surface area contributed by atoms with Crippen LogP contribution in [0.5, 0.6) is 0 Å². The molecule has 0 bridgehead atoms. The molecule has 0 spiro atoms. The van der Waals surface area contributed by atoms with E-state index < -0.39 is 0 Å². The predicted molar refractivity (Wildman–Crippen MR) is 68.4 cm³/mol. The molecule has 0 aliphatic carbocycles. The summed E-state index contributed by atoms with van der Waals surface area (Å²) in [6.45, 7) is 4.22. The highest BCUT2D eigenvalue weighted by molar-refractivity contribution is 7.20. The molecule has 3 heteroatoms. The number of benzene rings is 1. The fourth-order valence-corrected chi connectivity index (χ4v) is 3.01. The minimum Gasteiger partial charge on any atom is -0.295 e. The summed E-state index contributed by atoms with van der Waals surface area (Å²) in [5.74, 6) is 0. The summed E-state index contributed by atoms with van der Waals surface area (Å²) < 4.78 is 3.44. The molecular formula is C13H12N2S. The van der Waals surface area contributed by atoms with Gasteiger partial charge >= 0.3 is 0 Å². The molecule has 2 heterocycles. The van der Waals surface area contributed by atoms with Gasteiger partial charge in [0, 0.05) is 11.4 Å². The van der Waals surface area contributed by atoms with Crippen molar-refractivity contribution < 1.29 is 0 Å². The molecule has 0 fully saturated rings. The normalized spacial score (nSPS) is 11.1. The largest absolute Gasteiger partial charge is 0.295 e. The average Bonchev–Trinajstić information content (AvgIpc) is 2.82. The summed E-state index contributed by atoms with van der Waals surface area (Å²) in [4.78, 5) is 4.66. The Kier molecular flexibility index (Phi) is 2.07. The van der Waals surface area contributed by atoms with Crippen molar-refractivity contribution in [3.05, 3.63) is 47.8 Å². The molecule has 0 saturated heterocycles. The Bertz CT molecular complexity index is 596. The molecule has 0 aliphatic rings. The molecule has 0 aliphatic heterocycles. The second-order valence-electron chi connectivity index (χ2n) is 3.92. The van der Waals surface area contributed by atoms with Crippen molar-refractivity contribution in [2.75, 3.05) is 0 Å². The molecule has 80 valence electrons. The Hall–Kier alpha value is -1.61. The van der Waals surface area contributed by atoms with E-state index in [0.29, 0.717) is 0 Å². The van der Waals surface area contributed by atoms with Crippen molar-refractivity contribution in [2.24, 2.45) is 0 Å². The molecule has 0 atom stereocenters. The first-order valence-electron chi connectivity index (χ1n) is 5.26. The SMILES string of the molecule is Cc1ccc(C)n1-c1nc2ccccc2s1. The number of fused-ring (bicyclic) bond motifs is 1. The van der Waals surface area contributed by atoms with Gasteiger partial charge in [0.05, 0.1) is 10.2 Å². The molecule has 0 amide bonds. The van der Waals surface area contributed by atoms with Gasteiger partial charge in [-0.05, 0) is 38.1 Å². The van der Waals surface area contributed by atoms with Crippen LogP contribution in [0.4, 0.5) is 0 Å². The summed E-state index contributed by atoms with van der Waals surface area (Å²) in [5, 5.41) is 1.06. The van der Waals surface area contributed by atoms with E-state index in [-0.39, 0.29) is 0 Å². The monoisotopic (exact) mass is 228 g/mol. The van der Waals surface area contributed by atoms with Crippen LogP contribution < -0.4 is 0 Å². The highest BCUT2D eigenvalue weighted by atomic mass is 32.1. The average molecular weight is 228 g/mol. The Morgan fingerprint density at radius 1 is 1.00 bits per heavy atom. The second kappa shape index (κ2) is 3.46. The molecule has 0 radical (unpaired) electrons. The number of nitrogens with zero attached hydrogens (tertiary/aromatic N) is 2. The fourth-order valence-electron chi connectivity index (χ4n) is 1.93. The molecule has 0 N–H and O–H groups in total. The first kappa shape index (κ1) is 9.60. The highest BCUT2D eigenvalue weighted by Crippen LogP contribution is 2.26. The van der Waals surface area contributed by atoms with Crippen molar-refractivity contribution in [1.82, 2.24) is 9.55 Å². The third kappa shape index (κ3) is 1.36. The van der Waals surface area contributed by atoms with Crippen LogP contribution in [0.1, 0.15) is 11.4 Å². The lowest BCUT2D eigenvalue weighted by Crippen LogP contribution is -1.97. The molecule has 2 aromatic heterocycles. The number of hydrogen-bond donors (Lipinski definition) is 0. The molecule has 16 heavy (non-hydrogen) atoms. The lowest BCUT2D eigenvalue weighted by Gasteiger charge is -2.03. The van der Waals surface area contributed by atoms with Crippen molar-refractivity contribution in [2.45, 2.75) is 13.8 Å². The van der Waals surface area contributed by atoms with Gasteiger partial charge in [-0.1, -0.05) is 23.5 Å². The van der Waals surface area contributed by atoms with Gasteiger partial charge in [0.15, 0.2) is 5.13 Å². The minimum absolute atomic E-state index is 1.06. The number of thiazole rings is 1. The maximum atomic E-state index is 4.66. The van der Waals surface area contributed by atoms with Gasteiger partial charge in [0.2, 0.25) is 0 Å². The Balaban J connectivity index is 2.27. The van der Waals surface area contributed by atoms with Crippen LogP contribution in [0.3, 0.4) is 0 Å². The Morgan fingerprint density at radius 3 is 2.38 bits per heavy atom. The minimum atomic E-state index is 1.06. The first-order chi connectivity index (χ1) is 7.75. The van der Waals surface area contributed by atoms with Gasteiger partial charge in [-0.15, -0.1) is 0 Å². The lowest BCUT2D eigenvalue weighted by molar-refractivity contribution is 0.955. The van der Waals surface area contributed by atoms with Gasteiger partial charge in [-0.25, -0.2) is 4.98 Å². The number of para-hydroxylation sites is 1. The summed E-state index contributed by atoms with van der Waals surface area (Å²) in [7, 11) is 0. The van der Waals surface area contributed by atoms with Crippen LogP contribution >= 0.6 is 11.3 Å². The highest BCUT2D eigenvalue weighted by Gasteiger charge is 2.08. The number of hydrogen-bond acceptors (Lipinski definition) is 2. The molecule has 3 aromatic rings. The van der Waals surface area contributed by atoms with E-state index in [9.17, 15) is 0 Å². The molecule has 2 nitrogen and oxygen atoms in total. The molecular weight excluding hydrogens is 216 g/mol. The van der Waals surface area contributed by atoms with Gasteiger partial charge in [-0.2, -0.15) is 0 Å². The van der Waals surface area contributed by atoms with E-state index >= 15 is 0 Å². The molecule has 0 saturated carbocycles. The zero-order valence-corrected chi connectivity index (χ0v) is 10.1. The van der Waals surface area contributed by atoms with Gasteiger partial charge in [0.1, 0.15) is 0 Å². The van der Waals surface area contributed by atoms with Crippen molar-refractivity contribution >= 4 is 21.6 Å². The fraction of sp³-hybridized carbons (Fsp3) is 0.154. The van der Waals surface area contributed by atoms with E-state index in [2.05, 4.69) is 53.7 Å². The molecule has 3 rings (SSSR count). The third-order valence-electron chi connectivity index (χ3n) is 2.75. The second-order valence-corrected chi connectivity index (χ2v) is 4.92. The summed E-state index contributed by atoms with van der Waals surface area (Å²) in [6.07, 6.45) is 0. The zero-order chi connectivity index (χ0) is 11.1. The quantitative estimate of drug-likeness (QED) is 0.621. The van der Waals surface area contributed by atoms with Gasteiger partial charge < -0.3 is 0 Å². The van der Waals surface area contributed by atoms with Crippen LogP contribution in [-0.4, -0.2) is 9.55 Å². The smallest absolute Gasteiger partial charge is 0.195 e. The summed E-state index contributed by atoms with van der Waals surface area (Å²) in [5.41, 5.74) is 3.54. The van der Waals surface area contributed by atoms with Crippen LogP contribution in [0.2, 0.25) is 0 Å². The predicted octanol–water partition coefficient (Wildman–Crippen LogP) is 3.70. The first-order valence-corrected chi connectivity index (χ1v) is 6.08. The lowest BCUT2D eigenvalue weighted by atomic mass is 10.3. The van der Waals surface area contributed by atoms with Gasteiger partial charge in [0.25, 0.3) is 0 Å². The van der Waals surface area contributed by atoms with Crippen molar-refractivity contribution in [1.29, 1.82) is 0 Å². The zero-order valence-electron chi connectivity index (χ0n) is 9.27. The number of rotatable bonds is 1. The van der Waals surface area contributed by atoms with Crippen molar-refractivity contribution in [3.8, 4) is 5.13 Å². The molecule has 1 aromatic carbocycles.